The van der Waals surface area contributed by atoms with E-state index >= 15 is 0 Å². The van der Waals surface area contributed by atoms with E-state index < -0.39 is 0 Å². The van der Waals surface area contributed by atoms with Crippen LogP contribution in [0.2, 0.25) is 0 Å². The van der Waals surface area contributed by atoms with Gasteiger partial charge in [0.15, 0.2) is 0 Å². The van der Waals surface area contributed by atoms with Crippen molar-refractivity contribution in [2.24, 2.45) is 23.2 Å². The van der Waals surface area contributed by atoms with Crippen LogP contribution in [0, 0.1) is 23.2 Å². The SMILES string of the molecule is C=C1CCC[C@]2(C)C[C@H]3OC(=O)[C@H](C[NH+](C)CC(OC)OC)[C@H]3C[C@H]12. The average Bonchev–Trinajstić information content (AvgIpc) is 2.85. The molecule has 5 heteroatoms. The molecule has 0 spiro atoms. The van der Waals surface area contributed by atoms with E-state index in [1.165, 1.54) is 23.3 Å². The molecular formula is C20H34NO4+. The summed E-state index contributed by atoms with van der Waals surface area (Å²) in [6.07, 6.45) is 5.52. The molecule has 1 saturated heterocycles. The van der Waals surface area contributed by atoms with Gasteiger partial charge >= 0.3 is 5.97 Å². The second kappa shape index (κ2) is 7.37. The van der Waals surface area contributed by atoms with Gasteiger partial charge in [0.1, 0.15) is 18.6 Å². The number of methoxy groups -OCH3 is 2. The van der Waals surface area contributed by atoms with Gasteiger partial charge in [-0.05, 0) is 43.4 Å². The Bertz CT molecular complexity index is 518. The third-order valence-corrected chi connectivity index (χ3v) is 6.93. The number of allylic oxidation sites excluding steroid dienone is 1. The molecular weight excluding hydrogens is 318 g/mol. The largest absolute Gasteiger partial charge is 0.462 e. The third kappa shape index (κ3) is 3.64. The van der Waals surface area contributed by atoms with Crippen molar-refractivity contribution in [3.05, 3.63) is 12.2 Å². The van der Waals surface area contributed by atoms with Crippen molar-refractivity contribution < 1.29 is 23.9 Å². The number of carbonyl (C=O) groups excluding carboxylic acids is 1. The van der Waals surface area contributed by atoms with Crippen molar-refractivity contribution in [2.75, 3.05) is 34.4 Å². The molecule has 2 aliphatic carbocycles. The van der Waals surface area contributed by atoms with E-state index in [1.54, 1.807) is 14.2 Å². The van der Waals surface area contributed by atoms with E-state index in [9.17, 15) is 4.79 Å². The van der Waals surface area contributed by atoms with Crippen molar-refractivity contribution in [1.82, 2.24) is 0 Å². The summed E-state index contributed by atoms with van der Waals surface area (Å²) in [5.41, 5.74) is 1.66. The van der Waals surface area contributed by atoms with Gasteiger partial charge in [-0.25, -0.2) is 0 Å². The molecule has 3 rings (SSSR count). The Kier molecular flexibility index (Phi) is 5.57. The summed E-state index contributed by atoms with van der Waals surface area (Å²) in [4.78, 5) is 13.8. The summed E-state index contributed by atoms with van der Waals surface area (Å²) in [5.74, 6) is 0.858. The maximum atomic E-state index is 12.6. The summed E-state index contributed by atoms with van der Waals surface area (Å²) in [6, 6.07) is 0. The number of hydrogen-bond acceptors (Lipinski definition) is 4. The lowest BCUT2D eigenvalue weighted by molar-refractivity contribution is -0.888. The van der Waals surface area contributed by atoms with E-state index in [-0.39, 0.29) is 29.7 Å². The Morgan fingerprint density at radius 2 is 2.12 bits per heavy atom. The van der Waals surface area contributed by atoms with Crippen LogP contribution in [0.4, 0.5) is 0 Å². The maximum absolute atomic E-state index is 12.6. The van der Waals surface area contributed by atoms with Crippen molar-refractivity contribution in [1.29, 1.82) is 0 Å². The topological polar surface area (TPSA) is 49.2 Å². The van der Waals surface area contributed by atoms with Crippen molar-refractivity contribution in [3.8, 4) is 0 Å². The minimum Gasteiger partial charge on any atom is -0.462 e. The third-order valence-electron chi connectivity index (χ3n) is 6.93. The monoisotopic (exact) mass is 352 g/mol. The highest BCUT2D eigenvalue weighted by atomic mass is 16.7. The molecule has 3 aliphatic rings. The quantitative estimate of drug-likeness (QED) is 0.446. The fraction of sp³-hybridized carbons (Fsp3) is 0.850. The van der Waals surface area contributed by atoms with Crippen LogP contribution < -0.4 is 4.90 Å². The van der Waals surface area contributed by atoms with Crippen LogP contribution in [0.3, 0.4) is 0 Å². The minimum absolute atomic E-state index is 0.00593. The normalized spacial score (nSPS) is 39.1. The fourth-order valence-corrected chi connectivity index (χ4v) is 5.50. The van der Waals surface area contributed by atoms with Crippen molar-refractivity contribution in [3.63, 3.8) is 0 Å². The first-order valence-electron chi connectivity index (χ1n) is 9.63. The zero-order valence-corrected chi connectivity index (χ0v) is 16.2. The Labute approximate surface area is 151 Å². The molecule has 25 heavy (non-hydrogen) atoms. The molecule has 3 fully saturated rings. The first kappa shape index (κ1) is 18.9. The molecule has 142 valence electrons. The number of carbonyl (C=O) groups is 1. The van der Waals surface area contributed by atoms with Crippen LogP contribution in [0.1, 0.15) is 39.0 Å². The number of fused-ring (bicyclic) bond motifs is 2. The molecule has 0 aromatic carbocycles. The molecule has 0 radical (unpaired) electrons. The molecule has 1 unspecified atom stereocenters. The van der Waals surface area contributed by atoms with Crippen LogP contribution in [-0.2, 0) is 19.0 Å². The zero-order valence-electron chi connectivity index (χ0n) is 16.2. The Morgan fingerprint density at radius 3 is 2.80 bits per heavy atom. The van der Waals surface area contributed by atoms with Crippen molar-refractivity contribution >= 4 is 5.97 Å². The predicted molar refractivity (Wildman–Crippen MR) is 95.1 cm³/mol. The number of nitrogens with one attached hydrogen (secondary N) is 1. The Hall–Kier alpha value is -0.910. The molecule has 0 aromatic heterocycles. The van der Waals surface area contributed by atoms with Crippen molar-refractivity contribution in [2.45, 2.75) is 51.4 Å². The van der Waals surface area contributed by atoms with Crippen LogP contribution in [0.15, 0.2) is 12.2 Å². The molecule has 0 aromatic rings. The maximum Gasteiger partial charge on any atom is 0.315 e. The number of hydrogen-bond donors (Lipinski definition) is 1. The van der Waals surface area contributed by atoms with Gasteiger partial charge in [0.05, 0.1) is 13.6 Å². The van der Waals surface area contributed by atoms with Crippen LogP contribution in [0.5, 0.6) is 0 Å². The second-order valence-electron chi connectivity index (χ2n) is 8.67. The molecule has 0 bridgehead atoms. The van der Waals surface area contributed by atoms with Gasteiger partial charge in [-0.2, -0.15) is 0 Å². The molecule has 2 saturated carbocycles. The predicted octanol–water partition coefficient (Wildman–Crippen LogP) is 1.43. The highest BCUT2D eigenvalue weighted by Crippen LogP contribution is 2.56. The van der Waals surface area contributed by atoms with Gasteiger partial charge in [0, 0.05) is 20.1 Å². The summed E-state index contributed by atoms with van der Waals surface area (Å²) in [5, 5.41) is 0. The van der Waals surface area contributed by atoms with Crippen LogP contribution in [-0.4, -0.2) is 52.7 Å². The molecule has 6 atom stereocenters. The lowest BCUT2D eigenvalue weighted by Gasteiger charge is -2.50. The summed E-state index contributed by atoms with van der Waals surface area (Å²) < 4.78 is 16.4. The van der Waals surface area contributed by atoms with E-state index in [4.69, 9.17) is 14.2 Å². The minimum atomic E-state index is -0.235. The summed E-state index contributed by atoms with van der Waals surface area (Å²) in [7, 11) is 5.40. The fourth-order valence-electron chi connectivity index (χ4n) is 5.50. The van der Waals surface area contributed by atoms with Crippen LogP contribution >= 0.6 is 0 Å². The number of ether oxygens (including phenoxy) is 3. The number of quaternary nitrogens is 1. The molecule has 0 amide bonds. The number of esters is 1. The summed E-state index contributed by atoms with van der Waals surface area (Å²) >= 11 is 0. The lowest BCUT2D eigenvalue weighted by Crippen LogP contribution is -3.11. The smallest absolute Gasteiger partial charge is 0.315 e. The molecule has 5 nitrogen and oxygen atoms in total. The van der Waals surface area contributed by atoms with Gasteiger partial charge < -0.3 is 19.1 Å². The van der Waals surface area contributed by atoms with Gasteiger partial charge in [-0.1, -0.05) is 19.1 Å². The van der Waals surface area contributed by atoms with E-state index in [0.29, 0.717) is 11.8 Å². The second-order valence-corrected chi connectivity index (χ2v) is 8.67. The van der Waals surface area contributed by atoms with Gasteiger partial charge in [0.2, 0.25) is 6.29 Å². The number of likely N-dealkylation sites (N-methyl/N-ethyl adjacent to an activating group) is 1. The first-order valence-corrected chi connectivity index (χ1v) is 9.63. The first-order chi connectivity index (χ1) is 11.9. The standard InChI is InChI=1S/C20H33NO4/c1-13-7-6-8-20(2)10-17-14(9-16(13)20)15(19(22)25-17)11-21(3)12-18(23-4)24-5/h14-18H,1,6-12H2,2-5H3/p+1/t14-,15-,16-,17-,20-/m1/s1. The Balaban J connectivity index is 1.68. The lowest BCUT2D eigenvalue weighted by atomic mass is 9.55. The zero-order chi connectivity index (χ0) is 18.2. The Morgan fingerprint density at radius 1 is 1.40 bits per heavy atom. The highest BCUT2D eigenvalue weighted by Gasteiger charge is 2.55. The molecule has 1 aliphatic heterocycles. The van der Waals surface area contributed by atoms with E-state index in [1.807, 2.05) is 0 Å². The van der Waals surface area contributed by atoms with Gasteiger partial charge in [0.25, 0.3) is 0 Å². The average molecular weight is 352 g/mol. The molecule has 1 heterocycles. The van der Waals surface area contributed by atoms with E-state index in [0.717, 1.165) is 32.4 Å². The molecule has 1 N–H and O–H groups in total. The number of rotatable bonds is 6. The summed E-state index contributed by atoms with van der Waals surface area (Å²) in [6.45, 7) is 8.24. The van der Waals surface area contributed by atoms with Gasteiger partial charge in [-0.3, -0.25) is 4.79 Å². The van der Waals surface area contributed by atoms with Gasteiger partial charge in [-0.15, -0.1) is 0 Å². The van der Waals surface area contributed by atoms with Crippen LogP contribution in [0.25, 0.3) is 0 Å². The highest BCUT2D eigenvalue weighted by molar-refractivity contribution is 5.75. The van der Waals surface area contributed by atoms with E-state index in [2.05, 4.69) is 20.6 Å².